The summed E-state index contributed by atoms with van der Waals surface area (Å²) in [5.41, 5.74) is 8.70. The lowest BCUT2D eigenvalue weighted by Crippen LogP contribution is -2.16. The minimum Gasteiger partial charge on any atom is -0.397 e. The maximum atomic E-state index is 12.5. The molecule has 0 saturated heterocycles. The van der Waals surface area contributed by atoms with E-state index in [9.17, 15) is 8.42 Å². The summed E-state index contributed by atoms with van der Waals surface area (Å²) in [5.74, 6) is 0.249. The van der Waals surface area contributed by atoms with E-state index < -0.39 is 10.0 Å². The molecule has 0 aliphatic carbocycles. The molecule has 108 valence electrons. The average molecular weight is 295 g/mol. The molecule has 0 unspecified atom stereocenters. The first kappa shape index (κ1) is 14.4. The van der Waals surface area contributed by atoms with Crippen LogP contribution in [0.15, 0.2) is 21.6 Å². The van der Waals surface area contributed by atoms with E-state index in [2.05, 4.69) is 9.88 Å². The number of nitrogens with one attached hydrogen (secondary N) is 1. The SMILES string of the molecule is Cc1ccc(N)c(NS(=O)(=O)c2c(C)noc2C)c1C. The Hall–Kier alpha value is -2.02. The molecular weight excluding hydrogens is 278 g/mol. The normalized spacial score (nSPS) is 11.6. The highest BCUT2D eigenvalue weighted by Crippen LogP contribution is 2.29. The minimum absolute atomic E-state index is 0.0535. The molecule has 7 heteroatoms. The molecule has 3 N–H and O–H groups in total. The highest BCUT2D eigenvalue weighted by atomic mass is 32.2. The van der Waals surface area contributed by atoms with Crippen LogP contribution >= 0.6 is 0 Å². The van der Waals surface area contributed by atoms with Crippen LogP contribution in [0.25, 0.3) is 0 Å². The van der Waals surface area contributed by atoms with Crippen molar-refractivity contribution in [3.05, 3.63) is 34.7 Å². The highest BCUT2D eigenvalue weighted by molar-refractivity contribution is 7.92. The lowest BCUT2D eigenvalue weighted by atomic mass is 10.1. The first-order valence-electron chi connectivity index (χ1n) is 6.05. The second-order valence-electron chi connectivity index (χ2n) is 4.73. The van der Waals surface area contributed by atoms with Crippen molar-refractivity contribution in [2.75, 3.05) is 10.5 Å². The van der Waals surface area contributed by atoms with Gasteiger partial charge in [0.1, 0.15) is 5.69 Å². The molecule has 2 rings (SSSR count). The van der Waals surface area contributed by atoms with Gasteiger partial charge >= 0.3 is 0 Å². The topological polar surface area (TPSA) is 98.2 Å². The Labute approximate surface area is 118 Å². The summed E-state index contributed by atoms with van der Waals surface area (Å²) in [4.78, 5) is 0.0535. The van der Waals surface area contributed by atoms with Crippen LogP contribution in [0.1, 0.15) is 22.6 Å². The largest absolute Gasteiger partial charge is 0.397 e. The van der Waals surface area contributed by atoms with Crippen molar-refractivity contribution in [2.24, 2.45) is 0 Å². The van der Waals surface area contributed by atoms with E-state index in [0.29, 0.717) is 17.1 Å². The van der Waals surface area contributed by atoms with Crippen LogP contribution < -0.4 is 10.5 Å². The van der Waals surface area contributed by atoms with Crippen LogP contribution in [0.3, 0.4) is 0 Å². The Morgan fingerprint density at radius 1 is 1.20 bits per heavy atom. The second kappa shape index (κ2) is 4.82. The summed E-state index contributed by atoms with van der Waals surface area (Å²) in [6.45, 7) is 6.85. The van der Waals surface area contributed by atoms with Crippen molar-refractivity contribution in [2.45, 2.75) is 32.6 Å². The summed E-state index contributed by atoms with van der Waals surface area (Å²) < 4.78 is 32.3. The standard InChI is InChI=1S/C13H17N3O3S/c1-7-5-6-11(14)12(8(7)2)16-20(17,18)13-9(3)15-19-10(13)4/h5-6,16H,14H2,1-4H3. The second-order valence-corrected chi connectivity index (χ2v) is 6.35. The number of nitrogens with two attached hydrogens (primary N) is 1. The van der Waals surface area contributed by atoms with E-state index in [1.54, 1.807) is 19.9 Å². The molecule has 20 heavy (non-hydrogen) atoms. The van der Waals surface area contributed by atoms with Gasteiger partial charge in [-0.05, 0) is 44.9 Å². The monoisotopic (exact) mass is 295 g/mol. The third kappa shape index (κ3) is 2.36. The van der Waals surface area contributed by atoms with Crippen molar-refractivity contribution in [1.29, 1.82) is 0 Å². The van der Waals surface area contributed by atoms with E-state index in [-0.39, 0.29) is 10.7 Å². The molecule has 0 aliphatic rings. The number of rotatable bonds is 3. The molecule has 6 nitrogen and oxygen atoms in total. The third-order valence-corrected chi connectivity index (χ3v) is 4.83. The quantitative estimate of drug-likeness (QED) is 0.846. The maximum Gasteiger partial charge on any atom is 0.267 e. The number of anilines is 2. The van der Waals surface area contributed by atoms with Crippen molar-refractivity contribution >= 4 is 21.4 Å². The molecule has 0 spiro atoms. The number of nitrogens with zero attached hydrogens (tertiary/aromatic N) is 1. The van der Waals surface area contributed by atoms with E-state index in [1.165, 1.54) is 0 Å². The fourth-order valence-electron chi connectivity index (χ4n) is 2.02. The Morgan fingerprint density at radius 3 is 2.40 bits per heavy atom. The van der Waals surface area contributed by atoms with Crippen LogP contribution in [0, 0.1) is 27.7 Å². The van der Waals surface area contributed by atoms with Crippen LogP contribution in [0.5, 0.6) is 0 Å². The van der Waals surface area contributed by atoms with Crippen LogP contribution in [0.2, 0.25) is 0 Å². The van der Waals surface area contributed by atoms with Gasteiger partial charge in [0, 0.05) is 0 Å². The Kier molecular flexibility index (Phi) is 3.47. The smallest absolute Gasteiger partial charge is 0.267 e. The van der Waals surface area contributed by atoms with E-state index in [1.807, 2.05) is 19.9 Å². The van der Waals surface area contributed by atoms with Gasteiger partial charge < -0.3 is 10.3 Å². The molecule has 0 aliphatic heterocycles. The van der Waals surface area contributed by atoms with Gasteiger partial charge in [-0.3, -0.25) is 4.72 Å². The number of aromatic nitrogens is 1. The summed E-state index contributed by atoms with van der Waals surface area (Å²) >= 11 is 0. The van der Waals surface area contributed by atoms with Gasteiger partial charge in [-0.15, -0.1) is 0 Å². The maximum absolute atomic E-state index is 12.5. The van der Waals surface area contributed by atoms with Crippen molar-refractivity contribution in [3.8, 4) is 0 Å². The number of sulfonamides is 1. The predicted octanol–water partition coefficient (Wildman–Crippen LogP) is 2.29. The summed E-state index contributed by atoms with van der Waals surface area (Å²) in [6.07, 6.45) is 0. The number of aryl methyl sites for hydroxylation is 3. The zero-order chi connectivity index (χ0) is 15.1. The summed E-state index contributed by atoms with van der Waals surface area (Å²) in [5, 5.41) is 3.66. The number of hydrogen-bond acceptors (Lipinski definition) is 5. The summed E-state index contributed by atoms with van der Waals surface area (Å²) in [7, 11) is -3.78. The predicted molar refractivity (Wildman–Crippen MR) is 77.1 cm³/mol. The van der Waals surface area contributed by atoms with Crippen LogP contribution in [0.4, 0.5) is 11.4 Å². The van der Waals surface area contributed by atoms with Crippen LogP contribution in [-0.4, -0.2) is 13.6 Å². The lowest BCUT2D eigenvalue weighted by Gasteiger charge is -2.14. The number of nitrogen functional groups attached to an aromatic ring is 1. The Balaban J connectivity index is 2.53. The van der Waals surface area contributed by atoms with E-state index >= 15 is 0 Å². The van der Waals surface area contributed by atoms with E-state index in [0.717, 1.165) is 11.1 Å². The summed E-state index contributed by atoms with van der Waals surface area (Å²) in [6, 6.07) is 3.52. The molecule has 1 aromatic carbocycles. The fourth-order valence-corrected chi connectivity index (χ4v) is 3.50. The molecule has 0 fully saturated rings. The van der Waals surface area contributed by atoms with Gasteiger partial charge in [-0.2, -0.15) is 0 Å². The molecule has 2 aromatic rings. The van der Waals surface area contributed by atoms with Gasteiger partial charge in [0.25, 0.3) is 10.0 Å². The van der Waals surface area contributed by atoms with Crippen molar-refractivity contribution in [3.63, 3.8) is 0 Å². The van der Waals surface area contributed by atoms with Crippen molar-refractivity contribution < 1.29 is 12.9 Å². The molecule has 1 heterocycles. The molecular formula is C13H17N3O3S. The first-order valence-corrected chi connectivity index (χ1v) is 7.53. The third-order valence-electron chi connectivity index (χ3n) is 3.24. The molecule has 1 aromatic heterocycles. The van der Waals surface area contributed by atoms with Gasteiger partial charge in [0.2, 0.25) is 0 Å². The molecule has 0 saturated carbocycles. The fraction of sp³-hybridized carbons (Fsp3) is 0.308. The molecule has 0 bridgehead atoms. The van der Waals surface area contributed by atoms with Gasteiger partial charge in [0.15, 0.2) is 10.7 Å². The lowest BCUT2D eigenvalue weighted by molar-refractivity contribution is 0.390. The molecule has 0 radical (unpaired) electrons. The average Bonchev–Trinajstić information content (AvgIpc) is 2.70. The zero-order valence-electron chi connectivity index (χ0n) is 11.8. The Bertz CT molecular complexity index is 744. The number of benzene rings is 1. The van der Waals surface area contributed by atoms with Gasteiger partial charge in [-0.25, -0.2) is 8.42 Å². The van der Waals surface area contributed by atoms with Gasteiger partial charge in [0.05, 0.1) is 11.4 Å². The van der Waals surface area contributed by atoms with Gasteiger partial charge in [-0.1, -0.05) is 11.2 Å². The highest BCUT2D eigenvalue weighted by Gasteiger charge is 2.25. The first-order chi connectivity index (χ1) is 9.24. The van der Waals surface area contributed by atoms with Crippen molar-refractivity contribution in [1.82, 2.24) is 5.16 Å². The number of hydrogen-bond donors (Lipinski definition) is 2. The Morgan fingerprint density at radius 2 is 1.85 bits per heavy atom. The zero-order valence-corrected chi connectivity index (χ0v) is 12.6. The van der Waals surface area contributed by atoms with E-state index in [4.69, 9.17) is 10.3 Å². The molecule has 0 amide bonds. The van der Waals surface area contributed by atoms with Crippen LogP contribution in [-0.2, 0) is 10.0 Å². The minimum atomic E-state index is -3.78. The molecule has 0 atom stereocenters.